The predicted molar refractivity (Wildman–Crippen MR) is 80.9 cm³/mol. The Labute approximate surface area is 125 Å². The Kier molecular flexibility index (Phi) is 4.68. The predicted octanol–water partition coefficient (Wildman–Crippen LogP) is 2.70. The molecule has 0 atom stereocenters. The maximum atomic E-state index is 12.0. The molecule has 1 heterocycles. The van der Waals surface area contributed by atoms with Gasteiger partial charge in [-0.2, -0.15) is 0 Å². The van der Waals surface area contributed by atoms with E-state index in [2.05, 4.69) is 21.7 Å². The molecule has 0 bridgehead atoms. The minimum atomic E-state index is -0.105. The highest BCUT2D eigenvalue weighted by Gasteiger charge is 2.19. The summed E-state index contributed by atoms with van der Waals surface area (Å²) in [5.41, 5.74) is 1.92. The molecular weight excluding hydrogens is 264 g/mol. The smallest absolute Gasteiger partial charge is 0.273 e. The van der Waals surface area contributed by atoms with Crippen molar-refractivity contribution in [2.45, 2.75) is 57.9 Å². The number of carbonyl (C=O) groups excluding carboxylic acids is 1. The molecule has 0 aromatic carbocycles. The molecule has 2 aliphatic carbocycles. The van der Waals surface area contributed by atoms with Crippen molar-refractivity contribution >= 4 is 5.91 Å². The van der Waals surface area contributed by atoms with Gasteiger partial charge in [-0.25, -0.2) is 0 Å². The Balaban J connectivity index is 1.43. The molecule has 5 heteroatoms. The second-order valence-corrected chi connectivity index (χ2v) is 6.24. The standard InChI is InChI=1S/C16H24N4O/c21-16(17-10-9-13-5-2-1-3-6-13)15-12-20(19-18-15)11-14-7-4-8-14/h5,12,14H,1-4,6-11H2,(H,17,21). The molecule has 5 nitrogen and oxygen atoms in total. The number of carbonyl (C=O) groups is 1. The molecule has 21 heavy (non-hydrogen) atoms. The third kappa shape index (κ3) is 3.93. The number of nitrogens with zero attached hydrogens (tertiary/aromatic N) is 3. The minimum Gasteiger partial charge on any atom is -0.350 e. The molecule has 0 radical (unpaired) electrons. The van der Waals surface area contributed by atoms with Crippen molar-refractivity contribution in [3.8, 4) is 0 Å². The van der Waals surface area contributed by atoms with Crippen LogP contribution in [0.1, 0.15) is 61.9 Å². The summed E-state index contributed by atoms with van der Waals surface area (Å²) in [5.74, 6) is 0.618. The Morgan fingerprint density at radius 2 is 2.24 bits per heavy atom. The van der Waals surface area contributed by atoms with Crippen LogP contribution in [0.5, 0.6) is 0 Å². The number of rotatable bonds is 6. The largest absolute Gasteiger partial charge is 0.350 e. The van der Waals surface area contributed by atoms with Gasteiger partial charge in [0.25, 0.3) is 5.91 Å². The average molecular weight is 288 g/mol. The first kappa shape index (κ1) is 14.3. The highest BCUT2D eigenvalue weighted by atomic mass is 16.2. The van der Waals surface area contributed by atoms with E-state index in [4.69, 9.17) is 0 Å². The second-order valence-electron chi connectivity index (χ2n) is 6.24. The molecule has 1 aromatic heterocycles. The molecule has 2 aliphatic rings. The fourth-order valence-electron chi connectivity index (χ4n) is 2.99. The molecule has 1 saturated carbocycles. The quantitative estimate of drug-likeness (QED) is 0.819. The van der Waals surface area contributed by atoms with Gasteiger partial charge in [-0.3, -0.25) is 9.48 Å². The zero-order valence-electron chi connectivity index (χ0n) is 12.6. The first-order valence-corrected chi connectivity index (χ1v) is 8.17. The van der Waals surface area contributed by atoms with Gasteiger partial charge in [0.15, 0.2) is 5.69 Å². The van der Waals surface area contributed by atoms with Crippen LogP contribution in [-0.4, -0.2) is 27.4 Å². The topological polar surface area (TPSA) is 59.8 Å². The normalized spacial score (nSPS) is 19.0. The van der Waals surface area contributed by atoms with Crippen LogP contribution in [0.25, 0.3) is 0 Å². The number of amides is 1. The zero-order chi connectivity index (χ0) is 14.5. The van der Waals surface area contributed by atoms with Crippen molar-refractivity contribution in [2.75, 3.05) is 6.54 Å². The van der Waals surface area contributed by atoms with Gasteiger partial charge in [-0.05, 0) is 50.9 Å². The van der Waals surface area contributed by atoms with Crippen LogP contribution in [0.15, 0.2) is 17.8 Å². The van der Waals surface area contributed by atoms with Gasteiger partial charge in [0.05, 0.1) is 6.20 Å². The number of allylic oxidation sites excluding steroid dienone is 1. The van der Waals surface area contributed by atoms with E-state index in [1.807, 2.05) is 4.68 Å². The summed E-state index contributed by atoms with van der Waals surface area (Å²) in [6, 6.07) is 0. The molecule has 3 rings (SSSR count). The molecule has 1 N–H and O–H groups in total. The second kappa shape index (κ2) is 6.87. The lowest BCUT2D eigenvalue weighted by atomic mass is 9.85. The third-order valence-corrected chi connectivity index (χ3v) is 4.56. The summed E-state index contributed by atoms with van der Waals surface area (Å²) in [6.45, 7) is 1.59. The molecule has 0 saturated heterocycles. The lowest BCUT2D eigenvalue weighted by Gasteiger charge is -2.24. The van der Waals surface area contributed by atoms with Crippen LogP contribution in [-0.2, 0) is 6.54 Å². The molecule has 114 valence electrons. The summed E-state index contributed by atoms with van der Waals surface area (Å²) in [4.78, 5) is 12.0. The Hall–Kier alpha value is -1.65. The summed E-state index contributed by atoms with van der Waals surface area (Å²) < 4.78 is 1.81. The van der Waals surface area contributed by atoms with Crippen molar-refractivity contribution in [1.29, 1.82) is 0 Å². The van der Waals surface area contributed by atoms with E-state index >= 15 is 0 Å². The Bertz CT molecular complexity index is 516. The average Bonchev–Trinajstić information content (AvgIpc) is 2.93. The van der Waals surface area contributed by atoms with Gasteiger partial charge in [0, 0.05) is 13.1 Å². The summed E-state index contributed by atoms with van der Waals surface area (Å²) in [5, 5.41) is 11.0. The lowest BCUT2D eigenvalue weighted by Crippen LogP contribution is -2.25. The maximum absolute atomic E-state index is 12.0. The first-order chi connectivity index (χ1) is 10.3. The molecular formula is C16H24N4O. The summed E-state index contributed by atoms with van der Waals surface area (Å²) in [7, 11) is 0. The lowest BCUT2D eigenvalue weighted by molar-refractivity contribution is 0.0949. The van der Waals surface area contributed by atoms with Crippen LogP contribution >= 0.6 is 0 Å². The highest BCUT2D eigenvalue weighted by Crippen LogP contribution is 2.27. The molecule has 1 aromatic rings. The maximum Gasteiger partial charge on any atom is 0.273 e. The summed E-state index contributed by atoms with van der Waals surface area (Å²) in [6.07, 6.45) is 13.9. The van der Waals surface area contributed by atoms with Crippen LogP contribution in [0, 0.1) is 5.92 Å². The van der Waals surface area contributed by atoms with E-state index in [-0.39, 0.29) is 5.91 Å². The highest BCUT2D eigenvalue weighted by molar-refractivity contribution is 5.91. The summed E-state index contributed by atoms with van der Waals surface area (Å²) >= 11 is 0. The van der Waals surface area contributed by atoms with Crippen molar-refractivity contribution in [3.05, 3.63) is 23.5 Å². The van der Waals surface area contributed by atoms with Crippen LogP contribution < -0.4 is 5.32 Å². The Morgan fingerprint density at radius 1 is 1.33 bits per heavy atom. The van der Waals surface area contributed by atoms with Crippen LogP contribution in [0.3, 0.4) is 0 Å². The van der Waals surface area contributed by atoms with Crippen LogP contribution in [0.4, 0.5) is 0 Å². The van der Waals surface area contributed by atoms with Crippen molar-refractivity contribution < 1.29 is 4.79 Å². The van der Waals surface area contributed by atoms with E-state index in [0.717, 1.165) is 18.9 Å². The zero-order valence-corrected chi connectivity index (χ0v) is 12.6. The molecule has 1 amide bonds. The number of nitrogens with one attached hydrogen (secondary N) is 1. The van der Waals surface area contributed by atoms with Gasteiger partial charge in [-0.15, -0.1) is 5.10 Å². The van der Waals surface area contributed by atoms with Gasteiger partial charge >= 0.3 is 0 Å². The Morgan fingerprint density at radius 3 is 2.95 bits per heavy atom. The van der Waals surface area contributed by atoms with E-state index in [9.17, 15) is 4.79 Å². The van der Waals surface area contributed by atoms with Crippen LogP contribution in [0.2, 0.25) is 0 Å². The molecule has 0 aliphatic heterocycles. The fraction of sp³-hybridized carbons (Fsp3) is 0.688. The third-order valence-electron chi connectivity index (χ3n) is 4.56. The monoisotopic (exact) mass is 288 g/mol. The van der Waals surface area contributed by atoms with E-state index in [1.165, 1.54) is 50.5 Å². The van der Waals surface area contributed by atoms with Gasteiger partial charge in [0.2, 0.25) is 0 Å². The van der Waals surface area contributed by atoms with Gasteiger partial charge in [-0.1, -0.05) is 23.3 Å². The fourth-order valence-corrected chi connectivity index (χ4v) is 2.99. The first-order valence-electron chi connectivity index (χ1n) is 8.17. The van der Waals surface area contributed by atoms with Crippen molar-refractivity contribution in [3.63, 3.8) is 0 Å². The molecule has 1 fully saturated rings. The number of hydrogen-bond donors (Lipinski definition) is 1. The van der Waals surface area contributed by atoms with Gasteiger partial charge < -0.3 is 5.32 Å². The van der Waals surface area contributed by atoms with Gasteiger partial charge in [0.1, 0.15) is 0 Å². The SMILES string of the molecule is O=C(NCCC1=CCCCC1)c1cn(CC2CCC2)nn1. The number of hydrogen-bond acceptors (Lipinski definition) is 3. The van der Waals surface area contributed by atoms with E-state index < -0.39 is 0 Å². The van der Waals surface area contributed by atoms with E-state index in [0.29, 0.717) is 12.2 Å². The molecule has 0 unspecified atom stereocenters. The minimum absolute atomic E-state index is 0.105. The van der Waals surface area contributed by atoms with Crippen molar-refractivity contribution in [1.82, 2.24) is 20.3 Å². The van der Waals surface area contributed by atoms with E-state index in [1.54, 1.807) is 6.20 Å². The molecule has 0 spiro atoms. The number of aromatic nitrogens is 3. The van der Waals surface area contributed by atoms with Crippen molar-refractivity contribution in [2.24, 2.45) is 5.92 Å².